The molecule has 5 heteroatoms. The van der Waals surface area contributed by atoms with E-state index in [0.717, 1.165) is 37.0 Å². The van der Waals surface area contributed by atoms with Crippen molar-refractivity contribution in [2.45, 2.75) is 50.5 Å². The number of unbranched alkanes of at least 4 members (excludes halogenated alkanes) is 1. The second-order valence-corrected chi connectivity index (χ2v) is 6.55. The molecule has 1 aromatic carbocycles. The van der Waals surface area contributed by atoms with Gasteiger partial charge in [0.1, 0.15) is 11.8 Å². The van der Waals surface area contributed by atoms with Crippen LogP contribution in [0.1, 0.15) is 44.6 Å². The second-order valence-electron chi connectivity index (χ2n) is 6.55. The summed E-state index contributed by atoms with van der Waals surface area (Å²) in [6.07, 6.45) is 3.78. The van der Waals surface area contributed by atoms with E-state index in [0.29, 0.717) is 13.0 Å². The number of benzene rings is 1. The molecular formula is C18H23NO4. The number of carboxylic acids is 1. The molecule has 3 rings (SSSR count). The zero-order chi connectivity index (χ0) is 16.4. The molecule has 23 heavy (non-hydrogen) atoms. The smallest absolute Gasteiger partial charge is 0.326 e. The van der Waals surface area contributed by atoms with Crippen molar-refractivity contribution in [3.63, 3.8) is 0 Å². The number of carboxylic acid groups (broad SMARTS) is 1. The van der Waals surface area contributed by atoms with Crippen LogP contribution in [0, 0.1) is 5.92 Å². The van der Waals surface area contributed by atoms with Gasteiger partial charge in [0.05, 0.1) is 6.61 Å². The summed E-state index contributed by atoms with van der Waals surface area (Å²) in [6.45, 7) is 2.62. The largest absolute Gasteiger partial charge is 0.493 e. The van der Waals surface area contributed by atoms with Gasteiger partial charge in [0, 0.05) is 16.9 Å². The SMILES string of the molecule is CCCC[C@H](NC(=O)[C@@H]1C[C@]12CCOc1ccccc12)C(=O)O. The van der Waals surface area contributed by atoms with Crippen LogP contribution in [-0.2, 0) is 15.0 Å². The van der Waals surface area contributed by atoms with Crippen LogP contribution in [0.2, 0.25) is 0 Å². The van der Waals surface area contributed by atoms with E-state index in [4.69, 9.17) is 4.74 Å². The third-order valence-electron chi connectivity index (χ3n) is 5.08. The van der Waals surface area contributed by atoms with Crippen molar-refractivity contribution in [1.29, 1.82) is 0 Å². The molecular weight excluding hydrogens is 294 g/mol. The monoisotopic (exact) mass is 317 g/mol. The maximum Gasteiger partial charge on any atom is 0.326 e. The summed E-state index contributed by atoms with van der Waals surface area (Å²) in [4.78, 5) is 23.9. The summed E-state index contributed by atoms with van der Waals surface area (Å²) in [7, 11) is 0. The number of hydrogen-bond donors (Lipinski definition) is 2. The Balaban J connectivity index is 1.70. The molecule has 2 aliphatic rings. The summed E-state index contributed by atoms with van der Waals surface area (Å²) in [5.41, 5.74) is 0.930. The van der Waals surface area contributed by atoms with Gasteiger partial charge in [-0.2, -0.15) is 0 Å². The molecule has 1 fully saturated rings. The Bertz CT molecular complexity index is 615. The number of carbonyl (C=O) groups excluding carboxylic acids is 1. The first-order chi connectivity index (χ1) is 11.1. The lowest BCUT2D eigenvalue weighted by Gasteiger charge is -2.27. The zero-order valence-electron chi connectivity index (χ0n) is 13.4. The average molecular weight is 317 g/mol. The highest BCUT2D eigenvalue weighted by molar-refractivity contribution is 5.88. The Morgan fingerprint density at radius 3 is 2.96 bits per heavy atom. The number of amides is 1. The van der Waals surface area contributed by atoms with Crippen LogP contribution in [-0.4, -0.2) is 29.6 Å². The lowest BCUT2D eigenvalue weighted by molar-refractivity contribution is -0.142. The third kappa shape index (κ3) is 2.92. The molecule has 1 aromatic rings. The maximum absolute atomic E-state index is 12.6. The van der Waals surface area contributed by atoms with Gasteiger partial charge in [0.2, 0.25) is 5.91 Å². The standard InChI is InChI=1S/C18H23NO4/c1-2-3-7-14(17(21)22)19-16(20)13-11-18(13)9-10-23-15-8-5-4-6-12(15)18/h4-6,8,13-14H,2-3,7,9-11H2,1H3,(H,19,20)(H,21,22)/t13-,14-,18-/m0/s1. The van der Waals surface area contributed by atoms with Gasteiger partial charge in [0.15, 0.2) is 0 Å². The van der Waals surface area contributed by atoms with E-state index in [1.165, 1.54) is 0 Å². The number of hydrogen-bond acceptors (Lipinski definition) is 3. The highest BCUT2D eigenvalue weighted by Gasteiger charge is 2.61. The fraction of sp³-hybridized carbons (Fsp3) is 0.556. The highest BCUT2D eigenvalue weighted by Crippen LogP contribution is 2.60. The fourth-order valence-electron chi connectivity index (χ4n) is 3.64. The molecule has 3 atom stereocenters. The summed E-state index contributed by atoms with van der Waals surface area (Å²) in [6, 6.07) is 7.07. The Labute approximate surface area is 136 Å². The first-order valence-electron chi connectivity index (χ1n) is 8.34. The molecule has 0 unspecified atom stereocenters. The topological polar surface area (TPSA) is 75.6 Å². The van der Waals surface area contributed by atoms with Gasteiger partial charge >= 0.3 is 5.97 Å². The summed E-state index contributed by atoms with van der Waals surface area (Å²) in [5, 5.41) is 12.0. The number of aliphatic carboxylic acids is 1. The van der Waals surface area contributed by atoms with E-state index in [1.54, 1.807) is 0 Å². The van der Waals surface area contributed by atoms with Crippen LogP contribution in [0.25, 0.3) is 0 Å². The molecule has 5 nitrogen and oxygen atoms in total. The van der Waals surface area contributed by atoms with E-state index in [2.05, 4.69) is 5.32 Å². The van der Waals surface area contributed by atoms with Gasteiger partial charge in [-0.15, -0.1) is 0 Å². The Morgan fingerprint density at radius 1 is 1.43 bits per heavy atom. The van der Waals surface area contributed by atoms with E-state index in [-0.39, 0.29) is 17.2 Å². The predicted octanol–water partition coefficient (Wildman–Crippen LogP) is 2.49. The molecule has 1 heterocycles. The molecule has 1 aliphatic carbocycles. The van der Waals surface area contributed by atoms with Gasteiger partial charge in [-0.25, -0.2) is 4.79 Å². The van der Waals surface area contributed by atoms with Gasteiger partial charge < -0.3 is 15.2 Å². The molecule has 124 valence electrons. The number of ether oxygens (including phenoxy) is 1. The minimum Gasteiger partial charge on any atom is -0.493 e. The van der Waals surface area contributed by atoms with Crippen molar-refractivity contribution in [1.82, 2.24) is 5.32 Å². The number of fused-ring (bicyclic) bond motifs is 2. The fourth-order valence-corrected chi connectivity index (χ4v) is 3.64. The van der Waals surface area contributed by atoms with Crippen LogP contribution in [0.3, 0.4) is 0 Å². The number of rotatable bonds is 6. The van der Waals surface area contributed by atoms with Crippen LogP contribution in [0.4, 0.5) is 0 Å². The summed E-state index contributed by atoms with van der Waals surface area (Å²) < 4.78 is 5.67. The second kappa shape index (κ2) is 6.22. The van der Waals surface area contributed by atoms with Crippen molar-refractivity contribution in [3.8, 4) is 5.75 Å². The van der Waals surface area contributed by atoms with Crippen LogP contribution < -0.4 is 10.1 Å². The normalized spacial score (nSPS) is 26.0. The van der Waals surface area contributed by atoms with E-state index >= 15 is 0 Å². The van der Waals surface area contributed by atoms with Crippen molar-refractivity contribution >= 4 is 11.9 Å². The average Bonchev–Trinajstić information content (AvgIpc) is 3.26. The van der Waals surface area contributed by atoms with Crippen molar-refractivity contribution in [2.24, 2.45) is 5.92 Å². The van der Waals surface area contributed by atoms with Crippen LogP contribution in [0.5, 0.6) is 5.75 Å². The lowest BCUT2D eigenvalue weighted by Crippen LogP contribution is -2.42. The summed E-state index contributed by atoms with van der Waals surface area (Å²) in [5.74, 6) is -0.370. The number of carbonyl (C=O) groups is 2. The molecule has 1 spiro atoms. The van der Waals surface area contributed by atoms with Crippen LogP contribution >= 0.6 is 0 Å². The Morgan fingerprint density at radius 2 is 2.22 bits per heavy atom. The molecule has 1 amide bonds. The molecule has 1 aliphatic heterocycles. The maximum atomic E-state index is 12.6. The Hall–Kier alpha value is -2.04. The lowest BCUT2D eigenvalue weighted by atomic mass is 9.87. The van der Waals surface area contributed by atoms with Gasteiger partial charge in [-0.1, -0.05) is 38.0 Å². The third-order valence-corrected chi connectivity index (χ3v) is 5.08. The predicted molar refractivity (Wildman–Crippen MR) is 85.4 cm³/mol. The van der Waals surface area contributed by atoms with E-state index in [1.807, 2.05) is 31.2 Å². The molecule has 2 N–H and O–H groups in total. The zero-order valence-corrected chi connectivity index (χ0v) is 13.4. The van der Waals surface area contributed by atoms with Crippen molar-refractivity contribution in [3.05, 3.63) is 29.8 Å². The van der Waals surface area contributed by atoms with Crippen molar-refractivity contribution in [2.75, 3.05) is 6.61 Å². The molecule has 0 aromatic heterocycles. The first-order valence-corrected chi connectivity index (χ1v) is 8.34. The first kappa shape index (κ1) is 15.8. The van der Waals surface area contributed by atoms with Gasteiger partial charge in [-0.3, -0.25) is 4.79 Å². The van der Waals surface area contributed by atoms with Gasteiger partial charge in [0.25, 0.3) is 0 Å². The molecule has 1 saturated carbocycles. The highest BCUT2D eigenvalue weighted by atomic mass is 16.5. The quantitative estimate of drug-likeness (QED) is 0.845. The van der Waals surface area contributed by atoms with E-state index < -0.39 is 12.0 Å². The molecule has 0 saturated heterocycles. The van der Waals surface area contributed by atoms with Crippen LogP contribution in [0.15, 0.2) is 24.3 Å². The minimum absolute atomic E-state index is 0.134. The minimum atomic E-state index is -0.950. The van der Waals surface area contributed by atoms with E-state index in [9.17, 15) is 14.7 Å². The molecule has 0 bridgehead atoms. The Kier molecular flexibility index (Phi) is 4.28. The number of para-hydroxylation sites is 1. The van der Waals surface area contributed by atoms with Crippen molar-refractivity contribution < 1.29 is 19.4 Å². The number of nitrogens with one attached hydrogen (secondary N) is 1. The summed E-state index contributed by atoms with van der Waals surface area (Å²) >= 11 is 0. The van der Waals surface area contributed by atoms with Gasteiger partial charge in [-0.05, 0) is 25.3 Å². The molecule has 0 radical (unpaired) electrons.